The van der Waals surface area contributed by atoms with Crippen molar-refractivity contribution in [3.05, 3.63) is 59.7 Å². The summed E-state index contributed by atoms with van der Waals surface area (Å²) in [5, 5.41) is 12.8. The maximum Gasteiger partial charge on any atom is 0.413 e. The van der Waals surface area contributed by atoms with Gasteiger partial charge < -0.3 is 16.0 Å². The summed E-state index contributed by atoms with van der Waals surface area (Å²) in [7, 11) is 0. The molecule has 0 heterocycles. The van der Waals surface area contributed by atoms with E-state index in [9.17, 15) is 32.4 Å². The van der Waals surface area contributed by atoms with Gasteiger partial charge in [0.25, 0.3) is 0 Å². The fourth-order valence-corrected chi connectivity index (χ4v) is 5.46. The molecule has 42 heavy (non-hydrogen) atoms. The fraction of sp³-hybridized carbons (Fsp3) is 0.531. The molecule has 10 heteroatoms. The van der Waals surface area contributed by atoms with Crippen molar-refractivity contribution in [2.75, 3.05) is 0 Å². The molecule has 0 saturated heterocycles. The van der Waals surface area contributed by atoms with E-state index in [4.69, 9.17) is 5.73 Å². The summed E-state index contributed by atoms with van der Waals surface area (Å²) in [6.45, 7) is 8.17. The molecule has 2 aliphatic rings. The number of nitriles is 1. The van der Waals surface area contributed by atoms with Gasteiger partial charge in [0.2, 0.25) is 11.8 Å². The lowest BCUT2D eigenvalue weighted by Gasteiger charge is -2.38. The van der Waals surface area contributed by atoms with Crippen LogP contribution in [0.1, 0.15) is 83.9 Å². The van der Waals surface area contributed by atoms with Gasteiger partial charge >= 0.3 is 6.18 Å². The zero-order valence-corrected chi connectivity index (χ0v) is 24.6. The topological polar surface area (TPSA) is 99.2 Å². The van der Waals surface area contributed by atoms with Crippen LogP contribution in [0.4, 0.5) is 17.6 Å². The van der Waals surface area contributed by atoms with E-state index in [1.54, 1.807) is 0 Å². The highest BCUT2D eigenvalue weighted by Gasteiger charge is 2.60. The molecule has 226 valence electrons. The molecule has 0 bridgehead atoms. The first kappa shape index (κ1) is 31.5. The number of halogens is 4. The van der Waals surface area contributed by atoms with Crippen LogP contribution >= 0.6 is 0 Å². The predicted octanol–water partition coefficient (Wildman–Crippen LogP) is 6.25. The van der Waals surface area contributed by atoms with E-state index in [0.29, 0.717) is 10.5 Å². The Morgan fingerprint density at radius 1 is 0.929 bits per heavy atom. The summed E-state index contributed by atoms with van der Waals surface area (Å²) < 4.78 is 58.1. The summed E-state index contributed by atoms with van der Waals surface area (Å²) in [5.74, 6) is -1.13. The average Bonchev–Trinajstić information content (AvgIpc) is 3.79. The van der Waals surface area contributed by atoms with E-state index < -0.39 is 47.2 Å². The lowest BCUT2D eigenvalue weighted by atomic mass is 9.91. The Bertz CT molecular complexity index is 1360. The van der Waals surface area contributed by atoms with Gasteiger partial charge in [0.15, 0.2) is 6.04 Å². The standard InChI is InChI=1S/C32H38F4N4O2/c1-28(2,3)39-27(42)31(16-17-31)23-12-10-21(11-13-23)20-6-8-22(9-7-20)25(32(34,35)36)40(30(19-37)14-15-30)26(41)24(38)18-29(4,5)33/h6-13,24-25H,14-18,38H2,1-5H3,(H,39,42)/t24-,25-/m0/s1. The van der Waals surface area contributed by atoms with Gasteiger partial charge in [0.1, 0.15) is 11.2 Å². The van der Waals surface area contributed by atoms with Crippen LogP contribution < -0.4 is 11.1 Å². The summed E-state index contributed by atoms with van der Waals surface area (Å²) in [4.78, 5) is 26.8. The summed E-state index contributed by atoms with van der Waals surface area (Å²) in [5.41, 5.74) is 3.50. The smallest absolute Gasteiger partial charge is 0.351 e. The Kier molecular flexibility index (Phi) is 8.00. The molecule has 0 aromatic heterocycles. The molecule has 2 atom stereocenters. The molecule has 0 aliphatic heterocycles. The van der Waals surface area contributed by atoms with E-state index in [1.807, 2.05) is 51.1 Å². The van der Waals surface area contributed by atoms with Gasteiger partial charge in [-0.25, -0.2) is 4.39 Å². The number of hydrogen-bond acceptors (Lipinski definition) is 4. The molecule has 3 N–H and O–H groups in total. The van der Waals surface area contributed by atoms with Crippen LogP contribution in [-0.4, -0.2) is 45.7 Å². The lowest BCUT2D eigenvalue weighted by molar-refractivity contribution is -0.198. The van der Waals surface area contributed by atoms with Crippen LogP contribution in [0.5, 0.6) is 0 Å². The molecule has 2 amide bonds. The second kappa shape index (κ2) is 10.7. The molecule has 0 unspecified atom stereocenters. The second-order valence-corrected chi connectivity index (χ2v) is 13.3. The highest BCUT2D eigenvalue weighted by molar-refractivity contribution is 5.92. The molecular weight excluding hydrogens is 548 g/mol. The number of benzene rings is 2. The van der Waals surface area contributed by atoms with Crippen molar-refractivity contribution in [2.45, 2.75) is 107 Å². The van der Waals surface area contributed by atoms with E-state index >= 15 is 0 Å². The van der Waals surface area contributed by atoms with Gasteiger partial charge in [-0.15, -0.1) is 0 Å². The Morgan fingerprint density at radius 3 is 1.81 bits per heavy atom. The Labute approximate surface area is 244 Å². The van der Waals surface area contributed by atoms with Crippen LogP contribution in [0.3, 0.4) is 0 Å². The fourth-order valence-electron chi connectivity index (χ4n) is 5.46. The summed E-state index contributed by atoms with van der Waals surface area (Å²) >= 11 is 0. The van der Waals surface area contributed by atoms with E-state index in [0.717, 1.165) is 24.0 Å². The normalized spacial score (nSPS) is 18.8. The minimum atomic E-state index is -4.91. The van der Waals surface area contributed by atoms with E-state index in [-0.39, 0.29) is 29.9 Å². The molecule has 4 rings (SSSR count). The highest BCUT2D eigenvalue weighted by atomic mass is 19.4. The number of carbonyl (C=O) groups is 2. The van der Waals surface area contributed by atoms with Crippen LogP contribution in [-0.2, 0) is 15.0 Å². The first-order chi connectivity index (χ1) is 19.3. The van der Waals surface area contributed by atoms with Crippen LogP contribution in [0, 0.1) is 11.3 Å². The lowest BCUT2D eigenvalue weighted by Crippen LogP contribution is -2.55. The molecule has 2 aromatic rings. The largest absolute Gasteiger partial charge is 0.413 e. The SMILES string of the molecule is CC(C)(F)C[C@H](N)C(=O)N([C@@H](c1ccc(-c2ccc(C3(C(=O)NC(C)(C)C)CC3)cc2)cc1)C(F)(F)F)C1(C#N)CC1. The van der Waals surface area contributed by atoms with Crippen LogP contribution in [0.2, 0.25) is 0 Å². The van der Waals surface area contributed by atoms with Gasteiger partial charge in [-0.3, -0.25) is 9.59 Å². The number of carbonyl (C=O) groups excluding carboxylic acids is 2. The van der Waals surface area contributed by atoms with Gasteiger partial charge in [-0.05, 0) is 82.6 Å². The first-order valence-electron chi connectivity index (χ1n) is 14.1. The number of hydrogen-bond donors (Lipinski definition) is 2. The second-order valence-electron chi connectivity index (χ2n) is 13.3. The minimum Gasteiger partial charge on any atom is -0.351 e. The summed E-state index contributed by atoms with van der Waals surface area (Å²) in [6, 6.07) is 11.0. The van der Waals surface area contributed by atoms with Gasteiger partial charge in [0.05, 0.1) is 17.5 Å². The quantitative estimate of drug-likeness (QED) is 0.339. The van der Waals surface area contributed by atoms with Crippen molar-refractivity contribution < 1.29 is 27.2 Å². The van der Waals surface area contributed by atoms with Crippen molar-refractivity contribution in [3.8, 4) is 17.2 Å². The minimum absolute atomic E-state index is 0.0232. The van der Waals surface area contributed by atoms with Gasteiger partial charge in [-0.1, -0.05) is 48.5 Å². The zero-order chi connectivity index (χ0) is 31.3. The number of nitrogens with zero attached hydrogens (tertiary/aromatic N) is 2. The third-order valence-corrected chi connectivity index (χ3v) is 7.89. The van der Waals surface area contributed by atoms with Crippen molar-refractivity contribution in [1.29, 1.82) is 5.26 Å². The number of amides is 2. The molecule has 6 nitrogen and oxygen atoms in total. The monoisotopic (exact) mass is 586 g/mol. The van der Waals surface area contributed by atoms with E-state index in [2.05, 4.69) is 5.32 Å². The average molecular weight is 587 g/mol. The zero-order valence-electron chi connectivity index (χ0n) is 24.6. The molecule has 0 radical (unpaired) electrons. The molecule has 2 fully saturated rings. The Hall–Kier alpha value is -3.45. The van der Waals surface area contributed by atoms with Crippen LogP contribution in [0.25, 0.3) is 11.1 Å². The molecule has 2 aromatic carbocycles. The number of nitrogens with one attached hydrogen (secondary N) is 1. The Morgan fingerprint density at radius 2 is 1.43 bits per heavy atom. The van der Waals surface area contributed by atoms with Gasteiger partial charge in [-0.2, -0.15) is 18.4 Å². The van der Waals surface area contributed by atoms with Crippen LogP contribution in [0.15, 0.2) is 48.5 Å². The maximum absolute atomic E-state index is 14.6. The highest BCUT2D eigenvalue weighted by Crippen LogP contribution is 2.51. The molecular formula is C32H38F4N4O2. The number of alkyl halides is 4. The van der Waals surface area contributed by atoms with Crippen molar-refractivity contribution in [1.82, 2.24) is 10.2 Å². The molecule has 0 spiro atoms. The summed E-state index contributed by atoms with van der Waals surface area (Å²) in [6.07, 6.45) is -3.76. The predicted molar refractivity (Wildman–Crippen MR) is 152 cm³/mol. The Balaban J connectivity index is 1.62. The third-order valence-electron chi connectivity index (χ3n) is 7.89. The van der Waals surface area contributed by atoms with Crippen molar-refractivity contribution in [3.63, 3.8) is 0 Å². The van der Waals surface area contributed by atoms with Crippen molar-refractivity contribution in [2.24, 2.45) is 5.73 Å². The number of rotatable bonds is 9. The van der Waals surface area contributed by atoms with E-state index in [1.165, 1.54) is 38.1 Å². The van der Waals surface area contributed by atoms with Gasteiger partial charge in [0, 0.05) is 12.0 Å². The molecule has 2 aliphatic carbocycles. The first-order valence-corrected chi connectivity index (χ1v) is 14.1. The van der Waals surface area contributed by atoms with Crippen molar-refractivity contribution >= 4 is 11.8 Å². The molecule has 2 saturated carbocycles. The maximum atomic E-state index is 14.6. The number of nitrogens with two attached hydrogens (primary N) is 1. The third kappa shape index (κ3) is 6.62.